The van der Waals surface area contributed by atoms with Crippen LogP contribution in [-0.2, 0) is 14.3 Å². The Hall–Kier alpha value is -2.63. The smallest absolute Gasteiger partial charge is 0.220 e. The van der Waals surface area contributed by atoms with E-state index in [9.17, 15) is 30.3 Å². The Labute approximate surface area is 359 Å². The standard InChI is InChI=1S/C50H85NO8/c1-3-5-7-9-11-13-14-15-16-17-18-19-20-21-22-23-24-25-26-27-28-29-30-32-34-36-38-40-46(54)51-43(44(53)39-37-35-33-31-12-10-8-6-4-2)42-58-50-49(57)48(56)47(55)45(41-52)59-50/h4-7,11-13,15-16,18-19,31,37,39,43-45,47-50,52-53,55-57H,3,8-10,14,17,20-30,32-36,38,40-42H2,1-2H3,(H,51,54)/b6-4+,7-5-,13-11-,16-15-,19-18-,31-12+,39-37+. The van der Waals surface area contributed by atoms with Gasteiger partial charge in [0.1, 0.15) is 24.4 Å². The van der Waals surface area contributed by atoms with Gasteiger partial charge in [-0.15, -0.1) is 0 Å². The predicted molar refractivity (Wildman–Crippen MR) is 244 cm³/mol. The summed E-state index contributed by atoms with van der Waals surface area (Å²) in [5.74, 6) is -0.199. The highest BCUT2D eigenvalue weighted by Gasteiger charge is 2.44. The fraction of sp³-hybridized carbons (Fsp3) is 0.700. The van der Waals surface area contributed by atoms with Gasteiger partial charge in [-0.2, -0.15) is 0 Å². The van der Waals surface area contributed by atoms with Crippen molar-refractivity contribution < 1.29 is 39.8 Å². The van der Waals surface area contributed by atoms with Crippen LogP contribution in [0.2, 0.25) is 0 Å². The van der Waals surface area contributed by atoms with Gasteiger partial charge < -0.3 is 40.3 Å². The lowest BCUT2D eigenvalue weighted by molar-refractivity contribution is -0.302. The second-order valence-corrected chi connectivity index (χ2v) is 15.8. The molecule has 0 aliphatic carbocycles. The van der Waals surface area contributed by atoms with Gasteiger partial charge in [-0.05, 0) is 77.6 Å². The molecule has 0 aromatic heterocycles. The molecule has 0 aromatic carbocycles. The van der Waals surface area contributed by atoms with E-state index in [0.29, 0.717) is 6.42 Å². The molecule has 1 heterocycles. The number of aliphatic hydroxyl groups is 5. The van der Waals surface area contributed by atoms with Gasteiger partial charge in [-0.3, -0.25) is 4.79 Å². The zero-order valence-electron chi connectivity index (χ0n) is 37.0. The fourth-order valence-electron chi connectivity index (χ4n) is 6.83. The molecule has 338 valence electrons. The number of unbranched alkanes of at least 4 members (excludes halogenated alkanes) is 16. The molecule has 59 heavy (non-hydrogen) atoms. The van der Waals surface area contributed by atoms with Gasteiger partial charge >= 0.3 is 0 Å². The first-order chi connectivity index (χ1) is 28.8. The van der Waals surface area contributed by atoms with Crippen molar-refractivity contribution in [2.45, 2.75) is 211 Å². The first-order valence-electron chi connectivity index (χ1n) is 23.3. The van der Waals surface area contributed by atoms with E-state index in [-0.39, 0.29) is 12.5 Å². The number of nitrogens with one attached hydrogen (secondary N) is 1. The van der Waals surface area contributed by atoms with Crippen molar-refractivity contribution in [3.05, 3.63) is 85.1 Å². The molecule has 9 heteroatoms. The molecule has 1 aliphatic rings. The van der Waals surface area contributed by atoms with Crippen molar-refractivity contribution in [1.82, 2.24) is 5.32 Å². The van der Waals surface area contributed by atoms with Crippen LogP contribution in [0.15, 0.2) is 85.1 Å². The molecule has 9 nitrogen and oxygen atoms in total. The minimum absolute atomic E-state index is 0.199. The molecule has 1 rings (SSSR count). The maximum absolute atomic E-state index is 12.9. The molecule has 1 aliphatic heterocycles. The number of aliphatic hydroxyl groups excluding tert-OH is 5. The highest BCUT2D eigenvalue weighted by Crippen LogP contribution is 2.22. The van der Waals surface area contributed by atoms with Gasteiger partial charge in [0.25, 0.3) is 0 Å². The van der Waals surface area contributed by atoms with E-state index in [1.54, 1.807) is 6.08 Å². The highest BCUT2D eigenvalue weighted by atomic mass is 16.7. The van der Waals surface area contributed by atoms with Gasteiger partial charge in [0.2, 0.25) is 5.91 Å². The Bertz CT molecular complexity index is 1190. The summed E-state index contributed by atoms with van der Waals surface area (Å²) in [5, 5.41) is 54.0. The molecule has 0 spiro atoms. The average Bonchev–Trinajstić information content (AvgIpc) is 3.23. The number of ether oxygens (including phenoxy) is 2. The Morgan fingerprint density at radius 3 is 1.63 bits per heavy atom. The molecule has 6 N–H and O–H groups in total. The van der Waals surface area contributed by atoms with E-state index in [1.807, 2.05) is 19.1 Å². The molecule has 7 unspecified atom stereocenters. The van der Waals surface area contributed by atoms with Crippen molar-refractivity contribution in [1.29, 1.82) is 0 Å². The molecule has 1 saturated heterocycles. The second-order valence-electron chi connectivity index (χ2n) is 15.8. The van der Waals surface area contributed by atoms with Crippen LogP contribution in [-0.4, -0.2) is 87.5 Å². The van der Waals surface area contributed by atoms with Crippen molar-refractivity contribution in [3.63, 3.8) is 0 Å². The van der Waals surface area contributed by atoms with E-state index >= 15 is 0 Å². The molecular weight excluding hydrogens is 743 g/mol. The summed E-state index contributed by atoms with van der Waals surface area (Å²) in [7, 11) is 0. The predicted octanol–water partition coefficient (Wildman–Crippen LogP) is 9.94. The molecule has 0 aromatic rings. The Morgan fingerprint density at radius 2 is 1.08 bits per heavy atom. The summed E-state index contributed by atoms with van der Waals surface area (Å²) in [6.45, 7) is 3.38. The third-order valence-electron chi connectivity index (χ3n) is 10.5. The Kier molecular flexibility index (Phi) is 36.4. The molecular formula is C50H85NO8. The summed E-state index contributed by atoms with van der Waals surface area (Å²) in [5.41, 5.74) is 0. The first-order valence-corrected chi connectivity index (χ1v) is 23.3. The molecule has 0 bridgehead atoms. The molecule has 1 amide bonds. The van der Waals surface area contributed by atoms with Crippen LogP contribution >= 0.6 is 0 Å². The number of hydrogen-bond acceptors (Lipinski definition) is 8. The zero-order valence-corrected chi connectivity index (χ0v) is 37.0. The number of rotatable bonds is 37. The lowest BCUT2D eigenvalue weighted by Gasteiger charge is -2.40. The first kappa shape index (κ1) is 54.4. The van der Waals surface area contributed by atoms with Crippen LogP contribution in [0.25, 0.3) is 0 Å². The third kappa shape index (κ3) is 30.1. The van der Waals surface area contributed by atoms with Crippen molar-refractivity contribution in [2.24, 2.45) is 0 Å². The number of amides is 1. The summed E-state index contributed by atoms with van der Waals surface area (Å²) in [4.78, 5) is 12.9. The largest absolute Gasteiger partial charge is 0.394 e. The van der Waals surface area contributed by atoms with Gasteiger partial charge in [0, 0.05) is 6.42 Å². The summed E-state index contributed by atoms with van der Waals surface area (Å²) >= 11 is 0. The van der Waals surface area contributed by atoms with Crippen LogP contribution in [0.5, 0.6) is 0 Å². The molecule has 0 saturated carbocycles. The fourth-order valence-corrected chi connectivity index (χ4v) is 6.83. The summed E-state index contributed by atoms with van der Waals surface area (Å²) in [6.07, 6.45) is 48.1. The number of carbonyl (C=O) groups is 1. The number of allylic oxidation sites excluding steroid dienone is 13. The van der Waals surface area contributed by atoms with Crippen LogP contribution in [0.1, 0.15) is 168 Å². The minimum atomic E-state index is -1.58. The lowest BCUT2D eigenvalue weighted by atomic mass is 9.99. The zero-order chi connectivity index (χ0) is 43.0. The SMILES string of the molecule is C/C=C/CC/C=C/CC/C=C/C(O)C(COC1OC(CO)C(O)C(O)C1O)NC(=O)CCCCCCCCCCCCCCCC/C=C\C/C=C\C/C=C\C/C=C\CC. The van der Waals surface area contributed by atoms with Crippen molar-refractivity contribution in [2.75, 3.05) is 13.2 Å². The monoisotopic (exact) mass is 828 g/mol. The van der Waals surface area contributed by atoms with Gasteiger partial charge in [0.05, 0.1) is 25.4 Å². The van der Waals surface area contributed by atoms with Crippen molar-refractivity contribution >= 4 is 5.91 Å². The van der Waals surface area contributed by atoms with Gasteiger partial charge in [0.15, 0.2) is 6.29 Å². The third-order valence-corrected chi connectivity index (χ3v) is 10.5. The normalized spacial score (nSPS) is 21.5. The van der Waals surface area contributed by atoms with Gasteiger partial charge in [-0.25, -0.2) is 0 Å². The topological polar surface area (TPSA) is 149 Å². The Balaban J connectivity index is 2.20. The highest BCUT2D eigenvalue weighted by molar-refractivity contribution is 5.76. The quantitative estimate of drug-likeness (QED) is 0.0268. The second kappa shape index (κ2) is 39.5. The maximum atomic E-state index is 12.9. The van der Waals surface area contributed by atoms with E-state index in [1.165, 1.54) is 77.0 Å². The molecule has 1 fully saturated rings. The number of carbonyl (C=O) groups excluding carboxylic acids is 1. The lowest BCUT2D eigenvalue weighted by Crippen LogP contribution is -2.60. The molecule has 7 atom stereocenters. The van der Waals surface area contributed by atoms with E-state index in [4.69, 9.17) is 9.47 Å². The van der Waals surface area contributed by atoms with E-state index in [2.05, 4.69) is 79.1 Å². The van der Waals surface area contributed by atoms with Crippen LogP contribution < -0.4 is 5.32 Å². The molecule has 0 radical (unpaired) electrons. The summed E-state index contributed by atoms with van der Waals surface area (Å²) < 4.78 is 11.2. The van der Waals surface area contributed by atoms with Crippen molar-refractivity contribution in [3.8, 4) is 0 Å². The maximum Gasteiger partial charge on any atom is 0.220 e. The average molecular weight is 828 g/mol. The minimum Gasteiger partial charge on any atom is -0.394 e. The van der Waals surface area contributed by atoms with E-state index < -0.39 is 49.5 Å². The van der Waals surface area contributed by atoms with Crippen LogP contribution in [0, 0.1) is 0 Å². The number of hydrogen-bond donors (Lipinski definition) is 6. The summed E-state index contributed by atoms with van der Waals surface area (Å²) in [6, 6.07) is -0.830. The van der Waals surface area contributed by atoms with Gasteiger partial charge in [-0.1, -0.05) is 169 Å². The van der Waals surface area contributed by atoms with E-state index in [0.717, 1.165) is 70.6 Å². The van der Waals surface area contributed by atoms with Crippen LogP contribution in [0.3, 0.4) is 0 Å². The van der Waals surface area contributed by atoms with Crippen LogP contribution in [0.4, 0.5) is 0 Å². The Morgan fingerprint density at radius 1 is 0.610 bits per heavy atom.